The number of nitrogens with two attached hydrogens (primary N) is 5. The molecule has 0 heterocycles. The molecule has 0 radical (unpaired) electrons. The van der Waals surface area contributed by atoms with Crippen molar-refractivity contribution in [1.29, 1.82) is 0 Å². The van der Waals surface area contributed by atoms with Crippen LogP contribution in [-0.2, 0) is 28.8 Å². The Kier molecular flexibility index (Phi) is 15.4. The van der Waals surface area contributed by atoms with E-state index in [-0.39, 0.29) is 30.8 Å². The number of imide groups is 1. The topological polar surface area (TPSA) is 296 Å². The summed E-state index contributed by atoms with van der Waals surface area (Å²) < 4.78 is 0. The molecule has 0 rings (SSSR count). The maximum absolute atomic E-state index is 13.6. The van der Waals surface area contributed by atoms with Crippen molar-refractivity contribution in [3.8, 4) is 0 Å². The molecule has 0 aromatic carbocycles. The SMILES string of the molecule is NCCCCC(N)C(=O)N(C(=O)C(N)CCC(=O)O)C(CCC(=O)O)(C(=O)O)C(=O)C(N)CCCCN. The van der Waals surface area contributed by atoms with Gasteiger partial charge in [-0.15, -0.1) is 0 Å². The highest BCUT2D eigenvalue weighted by atomic mass is 16.4. The van der Waals surface area contributed by atoms with Crippen LogP contribution in [-0.4, -0.2) is 92.5 Å². The van der Waals surface area contributed by atoms with Gasteiger partial charge in [0.1, 0.15) is 0 Å². The van der Waals surface area contributed by atoms with Crippen LogP contribution in [0.5, 0.6) is 0 Å². The van der Waals surface area contributed by atoms with Crippen LogP contribution in [0.1, 0.15) is 64.2 Å². The smallest absolute Gasteiger partial charge is 0.338 e. The van der Waals surface area contributed by atoms with E-state index in [1.807, 2.05) is 0 Å². The molecule has 4 atom stereocenters. The van der Waals surface area contributed by atoms with Gasteiger partial charge in [0.2, 0.25) is 17.4 Å². The summed E-state index contributed by atoms with van der Waals surface area (Å²) in [6, 6.07) is -4.67. The number of carboxylic acids is 3. The average Bonchev–Trinajstić information content (AvgIpc) is 2.83. The van der Waals surface area contributed by atoms with E-state index in [2.05, 4.69) is 0 Å². The maximum Gasteiger partial charge on any atom is 0.338 e. The van der Waals surface area contributed by atoms with E-state index < -0.39 is 84.9 Å². The second-order valence-electron chi connectivity index (χ2n) is 8.76. The molecule has 13 N–H and O–H groups in total. The molecule has 0 saturated heterocycles. The van der Waals surface area contributed by atoms with Crippen molar-refractivity contribution in [2.45, 2.75) is 87.9 Å². The monoisotopic (exact) mass is 532 g/mol. The van der Waals surface area contributed by atoms with Gasteiger partial charge < -0.3 is 44.0 Å². The molecular formula is C22H40N6O9. The summed E-state index contributed by atoms with van der Waals surface area (Å²) in [5, 5.41) is 28.5. The van der Waals surface area contributed by atoms with Gasteiger partial charge in [-0.3, -0.25) is 28.9 Å². The quantitative estimate of drug-likeness (QED) is 0.0604. The first-order valence-corrected chi connectivity index (χ1v) is 12.0. The number of ketones is 1. The lowest BCUT2D eigenvalue weighted by Crippen LogP contribution is -2.71. The second kappa shape index (κ2) is 16.7. The minimum Gasteiger partial charge on any atom is -0.481 e. The highest BCUT2D eigenvalue weighted by Crippen LogP contribution is 2.29. The molecule has 212 valence electrons. The summed E-state index contributed by atoms with van der Waals surface area (Å²) in [4.78, 5) is 75.6. The average molecular weight is 533 g/mol. The zero-order valence-electron chi connectivity index (χ0n) is 20.8. The number of carboxylic acid groups (broad SMARTS) is 3. The van der Waals surface area contributed by atoms with Crippen molar-refractivity contribution in [1.82, 2.24) is 4.90 Å². The Hall–Kier alpha value is -2.98. The number of carbonyl (C=O) groups excluding carboxylic acids is 3. The lowest BCUT2D eigenvalue weighted by Gasteiger charge is -2.41. The lowest BCUT2D eigenvalue weighted by molar-refractivity contribution is -0.173. The predicted octanol–water partition coefficient (Wildman–Crippen LogP) is -2.30. The van der Waals surface area contributed by atoms with Crippen molar-refractivity contribution in [3.05, 3.63) is 0 Å². The number of amides is 2. The van der Waals surface area contributed by atoms with Crippen molar-refractivity contribution >= 4 is 35.5 Å². The van der Waals surface area contributed by atoms with Crippen molar-refractivity contribution in [3.63, 3.8) is 0 Å². The summed E-state index contributed by atoms with van der Waals surface area (Å²) in [5.41, 5.74) is 25.6. The van der Waals surface area contributed by atoms with Crippen LogP contribution < -0.4 is 28.7 Å². The Morgan fingerprint density at radius 3 is 1.49 bits per heavy atom. The molecule has 0 aliphatic carbocycles. The largest absolute Gasteiger partial charge is 0.481 e. The van der Waals surface area contributed by atoms with Gasteiger partial charge in [0, 0.05) is 12.8 Å². The highest BCUT2D eigenvalue weighted by molar-refractivity contribution is 6.17. The third-order valence-electron chi connectivity index (χ3n) is 5.86. The minimum absolute atomic E-state index is 0.0322. The standard InChI is InChI=1S/C22H40N6O9/c23-11-3-1-5-13(25)18(33)22(21(36)37,10-9-17(31)32)28(19(34)14(26)6-2-4-12-24)20(35)15(27)7-8-16(29)30/h13-15H,1-12,23-27H2,(H,29,30)(H,31,32)(H,36,37). The predicted molar refractivity (Wildman–Crippen MR) is 131 cm³/mol. The first kappa shape index (κ1) is 34.0. The van der Waals surface area contributed by atoms with Gasteiger partial charge in [-0.25, -0.2) is 4.79 Å². The maximum atomic E-state index is 13.6. The molecule has 37 heavy (non-hydrogen) atoms. The van der Waals surface area contributed by atoms with Crippen LogP contribution in [0.15, 0.2) is 0 Å². The van der Waals surface area contributed by atoms with Crippen molar-refractivity contribution < 1.29 is 44.1 Å². The number of aliphatic carboxylic acids is 3. The number of rotatable bonds is 20. The fourth-order valence-electron chi connectivity index (χ4n) is 3.74. The van der Waals surface area contributed by atoms with Crippen LogP contribution in [0, 0.1) is 0 Å². The van der Waals surface area contributed by atoms with Crippen LogP contribution in [0.4, 0.5) is 0 Å². The third kappa shape index (κ3) is 10.1. The normalized spacial score (nSPS) is 15.2. The lowest BCUT2D eigenvalue weighted by atomic mass is 9.80. The zero-order chi connectivity index (χ0) is 28.8. The number of hydrogen-bond donors (Lipinski definition) is 8. The molecule has 0 aliphatic rings. The zero-order valence-corrected chi connectivity index (χ0v) is 20.8. The molecular weight excluding hydrogens is 492 g/mol. The van der Waals surface area contributed by atoms with Crippen molar-refractivity contribution in [2.24, 2.45) is 28.7 Å². The van der Waals surface area contributed by atoms with Crippen LogP contribution >= 0.6 is 0 Å². The van der Waals surface area contributed by atoms with E-state index in [0.29, 0.717) is 25.7 Å². The number of nitrogens with zero attached hydrogens (tertiary/aromatic N) is 1. The number of hydrogen-bond acceptors (Lipinski definition) is 11. The molecule has 0 aromatic heterocycles. The van der Waals surface area contributed by atoms with Gasteiger partial charge in [-0.2, -0.15) is 0 Å². The molecule has 0 aromatic rings. The van der Waals surface area contributed by atoms with Crippen LogP contribution in [0.2, 0.25) is 0 Å². The molecule has 0 fully saturated rings. The van der Waals surface area contributed by atoms with Gasteiger partial charge >= 0.3 is 17.9 Å². The first-order chi connectivity index (χ1) is 17.3. The number of unbranched alkanes of at least 4 members (excludes halogenated alkanes) is 2. The molecule has 0 saturated carbocycles. The minimum atomic E-state index is -3.04. The van der Waals surface area contributed by atoms with E-state index in [1.165, 1.54) is 0 Å². The Morgan fingerprint density at radius 2 is 1.08 bits per heavy atom. The number of carbonyl (C=O) groups is 6. The molecule has 0 bridgehead atoms. The Balaban J connectivity index is 6.80. The van der Waals surface area contributed by atoms with Gasteiger partial charge in [-0.1, -0.05) is 12.8 Å². The fourth-order valence-corrected chi connectivity index (χ4v) is 3.74. The molecule has 4 unspecified atom stereocenters. The van der Waals surface area contributed by atoms with E-state index in [1.54, 1.807) is 0 Å². The highest BCUT2D eigenvalue weighted by Gasteiger charge is 2.58. The Bertz CT molecular complexity index is 824. The number of Topliss-reactive ketones (excluding diaryl/α,β-unsaturated/α-hetero) is 1. The van der Waals surface area contributed by atoms with Crippen molar-refractivity contribution in [2.75, 3.05) is 13.1 Å². The fraction of sp³-hybridized carbons (Fsp3) is 0.727. The van der Waals surface area contributed by atoms with Crippen LogP contribution in [0.25, 0.3) is 0 Å². The summed E-state index contributed by atoms with van der Waals surface area (Å²) in [7, 11) is 0. The van der Waals surface area contributed by atoms with Gasteiger partial charge in [0.15, 0.2) is 5.78 Å². The first-order valence-electron chi connectivity index (χ1n) is 12.0. The molecule has 2 amide bonds. The van der Waals surface area contributed by atoms with Gasteiger partial charge in [0.25, 0.3) is 0 Å². The van der Waals surface area contributed by atoms with Gasteiger partial charge in [-0.05, 0) is 51.6 Å². The third-order valence-corrected chi connectivity index (χ3v) is 5.86. The second-order valence-corrected chi connectivity index (χ2v) is 8.76. The molecule has 0 spiro atoms. The van der Waals surface area contributed by atoms with E-state index in [9.17, 15) is 39.0 Å². The molecule has 0 aliphatic heterocycles. The summed E-state index contributed by atoms with van der Waals surface area (Å²) in [6.45, 7) is 0.542. The van der Waals surface area contributed by atoms with E-state index >= 15 is 0 Å². The van der Waals surface area contributed by atoms with E-state index in [0.717, 1.165) is 0 Å². The molecule has 15 nitrogen and oxygen atoms in total. The summed E-state index contributed by atoms with van der Waals surface area (Å²) >= 11 is 0. The van der Waals surface area contributed by atoms with Gasteiger partial charge in [0.05, 0.1) is 18.1 Å². The summed E-state index contributed by atoms with van der Waals surface area (Å²) in [6.07, 6.45) is -1.54. The van der Waals surface area contributed by atoms with E-state index in [4.69, 9.17) is 33.8 Å². The van der Waals surface area contributed by atoms with Crippen LogP contribution in [0.3, 0.4) is 0 Å². The Morgan fingerprint density at radius 1 is 0.649 bits per heavy atom. The molecule has 15 heteroatoms. The Labute approximate surface area is 214 Å². The summed E-state index contributed by atoms with van der Waals surface area (Å²) in [5.74, 6) is -8.74.